The van der Waals surface area contributed by atoms with Gasteiger partial charge in [0.15, 0.2) is 9.84 Å². The molecule has 0 radical (unpaired) electrons. The molecule has 1 unspecified atom stereocenters. The molecule has 2 fully saturated rings. The fraction of sp³-hybridized carbons (Fsp3) is 0.524. The second kappa shape index (κ2) is 8.54. The Kier molecular flexibility index (Phi) is 6.06. The van der Waals surface area contributed by atoms with Gasteiger partial charge in [-0.15, -0.1) is 13.2 Å². The molecule has 1 amide bonds. The number of hydrogen-bond acceptors (Lipinski definition) is 6. The first-order chi connectivity index (χ1) is 15.4. The number of carbonyl (C=O) groups is 1. The molecule has 0 saturated carbocycles. The Bertz CT molecular complexity index is 1140. The molecule has 1 aromatic heterocycles. The van der Waals surface area contributed by atoms with E-state index in [1.54, 1.807) is 4.90 Å². The van der Waals surface area contributed by atoms with Crippen LogP contribution in [-0.4, -0.2) is 73.1 Å². The van der Waals surface area contributed by atoms with Gasteiger partial charge >= 0.3 is 6.36 Å². The fourth-order valence-corrected chi connectivity index (χ4v) is 6.24. The van der Waals surface area contributed by atoms with E-state index >= 15 is 0 Å². The molecule has 8 nitrogen and oxygen atoms in total. The maximum absolute atomic E-state index is 12.8. The Labute approximate surface area is 189 Å². The van der Waals surface area contributed by atoms with Crippen LogP contribution < -0.4 is 9.64 Å². The molecule has 12 heteroatoms. The third-order valence-corrected chi connectivity index (χ3v) is 7.81. The highest BCUT2D eigenvalue weighted by molar-refractivity contribution is 7.91. The summed E-state index contributed by atoms with van der Waals surface area (Å²) in [6.45, 7) is 5.85. The van der Waals surface area contributed by atoms with Crippen molar-refractivity contribution >= 4 is 21.4 Å². The number of anilines is 1. The van der Waals surface area contributed by atoms with Gasteiger partial charge in [0, 0.05) is 31.7 Å². The molecule has 180 valence electrons. The van der Waals surface area contributed by atoms with Crippen molar-refractivity contribution in [1.82, 2.24) is 14.7 Å². The van der Waals surface area contributed by atoms with Crippen molar-refractivity contribution < 1.29 is 31.1 Å². The van der Waals surface area contributed by atoms with Crippen molar-refractivity contribution in [3.8, 4) is 5.75 Å². The van der Waals surface area contributed by atoms with E-state index in [0.29, 0.717) is 38.2 Å². The molecule has 0 bridgehead atoms. The zero-order valence-corrected chi connectivity index (χ0v) is 19.1. The minimum Gasteiger partial charge on any atom is -0.406 e. The molecule has 3 heterocycles. The number of rotatable bonds is 4. The summed E-state index contributed by atoms with van der Waals surface area (Å²) in [4.78, 5) is 16.6. The second-order valence-corrected chi connectivity index (χ2v) is 10.6. The van der Waals surface area contributed by atoms with Crippen LogP contribution in [0.4, 0.5) is 18.9 Å². The first kappa shape index (κ1) is 23.4. The Morgan fingerprint density at radius 2 is 1.73 bits per heavy atom. The number of ether oxygens (including phenoxy) is 1. The summed E-state index contributed by atoms with van der Waals surface area (Å²) in [7, 11) is -3.03. The Balaban J connectivity index is 1.40. The molecule has 0 spiro atoms. The van der Waals surface area contributed by atoms with E-state index in [-0.39, 0.29) is 29.2 Å². The number of halogens is 3. The van der Waals surface area contributed by atoms with E-state index < -0.39 is 16.2 Å². The monoisotopic (exact) mass is 486 g/mol. The molecular weight excluding hydrogens is 461 g/mol. The fourth-order valence-electron chi connectivity index (χ4n) is 4.55. The standard InChI is InChI=1S/C21H25F3N4O4S/c1-14-19(15(2)28(25-14)17-7-12-33(30,31)13-17)26-8-10-27(11-9-26)20(29)16-3-5-18(6-4-16)32-21(22,23)24/h3-6,17H,7-13H2,1-2H3. The van der Waals surface area contributed by atoms with Gasteiger partial charge in [0.25, 0.3) is 5.91 Å². The molecule has 33 heavy (non-hydrogen) atoms. The van der Waals surface area contributed by atoms with Crippen LogP contribution in [0.3, 0.4) is 0 Å². The smallest absolute Gasteiger partial charge is 0.406 e. The predicted octanol–water partition coefficient (Wildman–Crippen LogP) is 2.72. The second-order valence-electron chi connectivity index (χ2n) is 8.37. The lowest BCUT2D eigenvalue weighted by Crippen LogP contribution is -2.49. The van der Waals surface area contributed by atoms with Gasteiger partial charge < -0.3 is 14.5 Å². The summed E-state index contributed by atoms with van der Waals surface area (Å²) >= 11 is 0. The highest BCUT2D eigenvalue weighted by Gasteiger charge is 2.33. The van der Waals surface area contributed by atoms with Crippen LogP contribution in [-0.2, 0) is 9.84 Å². The molecule has 1 atom stereocenters. The van der Waals surface area contributed by atoms with Crippen molar-refractivity contribution in [2.45, 2.75) is 32.7 Å². The SMILES string of the molecule is Cc1nn(C2CCS(=O)(=O)C2)c(C)c1N1CCN(C(=O)c2ccc(OC(F)(F)F)cc2)CC1. The van der Waals surface area contributed by atoms with Gasteiger partial charge in [-0.2, -0.15) is 5.10 Å². The van der Waals surface area contributed by atoms with Gasteiger partial charge in [-0.3, -0.25) is 9.48 Å². The molecule has 1 aromatic carbocycles. The first-order valence-electron chi connectivity index (χ1n) is 10.6. The largest absolute Gasteiger partial charge is 0.573 e. The highest BCUT2D eigenvalue weighted by Crippen LogP contribution is 2.32. The summed E-state index contributed by atoms with van der Waals surface area (Å²) in [5.74, 6) is -0.353. The van der Waals surface area contributed by atoms with E-state index in [1.807, 2.05) is 18.5 Å². The molecule has 4 rings (SSSR count). The van der Waals surface area contributed by atoms with Gasteiger partial charge in [0.1, 0.15) is 5.75 Å². The average molecular weight is 487 g/mol. The summed E-state index contributed by atoms with van der Waals surface area (Å²) in [5.41, 5.74) is 2.98. The number of aryl methyl sites for hydroxylation is 1. The van der Waals surface area contributed by atoms with Crippen LogP contribution in [0.15, 0.2) is 24.3 Å². The third-order valence-electron chi connectivity index (χ3n) is 6.06. The zero-order valence-electron chi connectivity index (χ0n) is 18.3. The molecule has 0 N–H and O–H groups in total. The van der Waals surface area contributed by atoms with Gasteiger partial charge in [-0.25, -0.2) is 8.42 Å². The maximum atomic E-state index is 12.8. The molecular formula is C21H25F3N4O4S. The maximum Gasteiger partial charge on any atom is 0.573 e. The summed E-state index contributed by atoms with van der Waals surface area (Å²) in [5, 5.41) is 4.61. The molecule has 2 aliphatic rings. The summed E-state index contributed by atoms with van der Waals surface area (Å²) in [6.07, 6.45) is -4.23. The number of amides is 1. The number of benzene rings is 1. The zero-order chi connectivity index (χ0) is 24.0. The van der Waals surface area contributed by atoms with Crippen LogP contribution in [0.1, 0.15) is 34.2 Å². The van der Waals surface area contributed by atoms with Crippen molar-refractivity contribution in [2.75, 3.05) is 42.6 Å². The van der Waals surface area contributed by atoms with Crippen molar-refractivity contribution in [2.24, 2.45) is 0 Å². The minimum absolute atomic E-state index is 0.101. The molecule has 2 aromatic rings. The number of alkyl halides is 3. The predicted molar refractivity (Wildman–Crippen MR) is 115 cm³/mol. The number of sulfone groups is 1. The van der Waals surface area contributed by atoms with E-state index in [0.717, 1.165) is 29.2 Å². The van der Waals surface area contributed by atoms with Crippen LogP contribution in [0, 0.1) is 13.8 Å². The average Bonchev–Trinajstić information content (AvgIpc) is 3.25. The van der Waals surface area contributed by atoms with Crippen molar-refractivity contribution in [3.05, 3.63) is 41.2 Å². The lowest BCUT2D eigenvalue weighted by molar-refractivity contribution is -0.274. The highest BCUT2D eigenvalue weighted by atomic mass is 32.2. The summed E-state index contributed by atoms with van der Waals surface area (Å²) in [6, 6.07) is 4.74. The molecule has 2 saturated heterocycles. The van der Waals surface area contributed by atoms with Crippen molar-refractivity contribution in [3.63, 3.8) is 0 Å². The number of carbonyl (C=O) groups excluding carboxylic acids is 1. The van der Waals surface area contributed by atoms with E-state index in [2.05, 4.69) is 14.7 Å². The molecule has 2 aliphatic heterocycles. The van der Waals surface area contributed by atoms with Gasteiger partial charge in [0.2, 0.25) is 0 Å². The minimum atomic E-state index is -4.78. The van der Waals surface area contributed by atoms with E-state index in [9.17, 15) is 26.4 Å². The lowest BCUT2D eigenvalue weighted by Gasteiger charge is -2.36. The topological polar surface area (TPSA) is 84.7 Å². The number of piperazine rings is 1. The number of aromatic nitrogens is 2. The summed E-state index contributed by atoms with van der Waals surface area (Å²) < 4.78 is 66.3. The quantitative estimate of drug-likeness (QED) is 0.661. The van der Waals surface area contributed by atoms with Crippen LogP contribution >= 0.6 is 0 Å². The number of hydrogen-bond donors (Lipinski definition) is 0. The van der Waals surface area contributed by atoms with Crippen molar-refractivity contribution in [1.29, 1.82) is 0 Å². The number of nitrogens with zero attached hydrogens (tertiary/aromatic N) is 4. The normalized spacial score (nSPS) is 20.8. The van der Waals surface area contributed by atoms with Crippen LogP contribution in [0.25, 0.3) is 0 Å². The molecule has 0 aliphatic carbocycles. The Morgan fingerprint density at radius 3 is 2.27 bits per heavy atom. The lowest BCUT2D eigenvalue weighted by atomic mass is 10.1. The first-order valence-corrected chi connectivity index (χ1v) is 12.4. The van der Waals surface area contributed by atoms with E-state index in [4.69, 9.17) is 0 Å². The van der Waals surface area contributed by atoms with Gasteiger partial charge in [0.05, 0.1) is 34.6 Å². The Hall–Kier alpha value is -2.76. The van der Waals surface area contributed by atoms with Crippen LogP contribution in [0.5, 0.6) is 5.75 Å². The van der Waals surface area contributed by atoms with Crippen LogP contribution in [0.2, 0.25) is 0 Å². The van der Waals surface area contributed by atoms with Gasteiger partial charge in [-0.05, 0) is 44.5 Å². The Morgan fingerprint density at radius 1 is 1.09 bits per heavy atom. The third kappa shape index (κ3) is 5.10. The van der Waals surface area contributed by atoms with Gasteiger partial charge in [-0.1, -0.05) is 0 Å². The van der Waals surface area contributed by atoms with E-state index in [1.165, 1.54) is 12.1 Å².